The van der Waals surface area contributed by atoms with Gasteiger partial charge in [-0.3, -0.25) is 4.79 Å². The molecule has 0 spiro atoms. The lowest BCUT2D eigenvalue weighted by molar-refractivity contribution is -0.119. The summed E-state index contributed by atoms with van der Waals surface area (Å²) in [5, 5.41) is 8.37. The van der Waals surface area contributed by atoms with E-state index in [1.807, 2.05) is 0 Å². The molecule has 0 unspecified atom stereocenters. The number of carbonyl (C=O) groups excluding carboxylic acids is 2. The van der Waals surface area contributed by atoms with Crippen LogP contribution in [0.4, 0.5) is 16.2 Å². The van der Waals surface area contributed by atoms with E-state index < -0.39 is 0 Å². The van der Waals surface area contributed by atoms with Crippen molar-refractivity contribution in [2.75, 3.05) is 30.9 Å². The molecule has 0 aromatic heterocycles. The Morgan fingerprint density at radius 3 is 2.43 bits per heavy atom. The minimum absolute atomic E-state index is 0.0127. The predicted octanol–water partition coefficient (Wildman–Crippen LogP) is 2.75. The standard InChI is InChI=1S/C17H23N3O3/c1-23-12-16(21)19-14-7-9-15(10-8-14)20-17(22)18-11-13-5-3-2-4-6-13/h2-3,7-10,13H,4-6,11-12H2,1H3,(H,19,21)(H2,18,20,22)/t13-/m0/s1. The number of hydrogen-bond acceptors (Lipinski definition) is 3. The van der Waals surface area contributed by atoms with Gasteiger partial charge < -0.3 is 20.7 Å². The van der Waals surface area contributed by atoms with Gasteiger partial charge in [0.2, 0.25) is 5.91 Å². The number of ether oxygens (including phenoxy) is 1. The van der Waals surface area contributed by atoms with Crippen LogP contribution in [0.15, 0.2) is 36.4 Å². The zero-order valence-corrected chi connectivity index (χ0v) is 13.3. The lowest BCUT2D eigenvalue weighted by atomic mass is 9.94. The van der Waals surface area contributed by atoms with Gasteiger partial charge in [0.05, 0.1) is 0 Å². The number of carbonyl (C=O) groups is 2. The monoisotopic (exact) mass is 317 g/mol. The van der Waals surface area contributed by atoms with Crippen LogP contribution in [0.2, 0.25) is 0 Å². The fourth-order valence-corrected chi connectivity index (χ4v) is 2.42. The van der Waals surface area contributed by atoms with Gasteiger partial charge in [-0.05, 0) is 49.4 Å². The van der Waals surface area contributed by atoms with Crippen LogP contribution in [-0.2, 0) is 9.53 Å². The van der Waals surface area contributed by atoms with E-state index in [4.69, 9.17) is 4.74 Å². The van der Waals surface area contributed by atoms with Gasteiger partial charge in [0, 0.05) is 25.0 Å². The van der Waals surface area contributed by atoms with Gasteiger partial charge in [0.25, 0.3) is 0 Å². The molecule has 3 N–H and O–H groups in total. The summed E-state index contributed by atoms with van der Waals surface area (Å²) in [6.45, 7) is 0.695. The third-order valence-electron chi connectivity index (χ3n) is 3.63. The smallest absolute Gasteiger partial charge is 0.319 e. The molecular weight excluding hydrogens is 294 g/mol. The lowest BCUT2D eigenvalue weighted by Crippen LogP contribution is -2.33. The Kier molecular flexibility index (Phi) is 6.62. The van der Waals surface area contributed by atoms with E-state index in [1.54, 1.807) is 24.3 Å². The highest BCUT2D eigenvalue weighted by Gasteiger charge is 2.11. The van der Waals surface area contributed by atoms with E-state index in [0.717, 1.165) is 19.3 Å². The Morgan fingerprint density at radius 2 is 1.83 bits per heavy atom. The number of nitrogens with one attached hydrogen (secondary N) is 3. The first-order valence-corrected chi connectivity index (χ1v) is 7.76. The van der Waals surface area contributed by atoms with Gasteiger partial charge in [-0.15, -0.1) is 0 Å². The van der Waals surface area contributed by atoms with E-state index in [-0.39, 0.29) is 18.5 Å². The molecular formula is C17H23N3O3. The molecule has 124 valence electrons. The third kappa shape index (κ3) is 6.12. The second kappa shape index (κ2) is 8.95. The highest BCUT2D eigenvalue weighted by Crippen LogP contribution is 2.17. The number of methoxy groups -OCH3 is 1. The predicted molar refractivity (Wildman–Crippen MR) is 90.5 cm³/mol. The summed E-state index contributed by atoms with van der Waals surface area (Å²) in [6, 6.07) is 6.73. The fourth-order valence-electron chi connectivity index (χ4n) is 2.42. The minimum atomic E-state index is -0.215. The van der Waals surface area contributed by atoms with Crippen LogP contribution in [-0.4, -0.2) is 32.2 Å². The molecule has 1 atom stereocenters. The van der Waals surface area contributed by atoms with Gasteiger partial charge in [0.1, 0.15) is 6.61 Å². The minimum Gasteiger partial charge on any atom is -0.375 e. The van der Waals surface area contributed by atoms with Crippen LogP contribution >= 0.6 is 0 Å². The number of anilines is 2. The Bertz CT molecular complexity index is 555. The summed E-state index contributed by atoms with van der Waals surface area (Å²) in [4.78, 5) is 23.3. The van der Waals surface area contributed by atoms with Crippen LogP contribution in [0.25, 0.3) is 0 Å². The van der Waals surface area contributed by atoms with E-state index >= 15 is 0 Å². The van der Waals surface area contributed by atoms with Crippen molar-refractivity contribution in [3.8, 4) is 0 Å². The number of benzene rings is 1. The zero-order chi connectivity index (χ0) is 16.5. The number of amides is 3. The summed E-state index contributed by atoms with van der Waals surface area (Å²) in [5.74, 6) is 0.302. The highest BCUT2D eigenvalue weighted by molar-refractivity contribution is 5.93. The molecule has 1 aliphatic carbocycles. The first-order chi connectivity index (χ1) is 11.2. The van der Waals surface area contributed by atoms with E-state index in [9.17, 15) is 9.59 Å². The summed E-state index contributed by atoms with van der Waals surface area (Å²) in [7, 11) is 1.47. The van der Waals surface area contributed by atoms with Crippen molar-refractivity contribution in [2.24, 2.45) is 5.92 Å². The number of urea groups is 1. The molecule has 0 bridgehead atoms. The van der Waals surface area contributed by atoms with E-state index in [0.29, 0.717) is 23.8 Å². The average molecular weight is 317 g/mol. The van der Waals surface area contributed by atoms with Gasteiger partial charge in [-0.2, -0.15) is 0 Å². The molecule has 0 aliphatic heterocycles. The number of allylic oxidation sites excluding steroid dienone is 2. The molecule has 6 nitrogen and oxygen atoms in total. The third-order valence-corrected chi connectivity index (χ3v) is 3.63. The van der Waals surface area contributed by atoms with E-state index in [1.165, 1.54) is 7.11 Å². The second-order valence-electron chi connectivity index (χ2n) is 5.54. The van der Waals surface area contributed by atoms with Crippen molar-refractivity contribution < 1.29 is 14.3 Å². The molecule has 0 saturated carbocycles. The molecule has 3 amide bonds. The molecule has 1 aliphatic rings. The van der Waals surface area contributed by atoms with Crippen molar-refractivity contribution in [3.63, 3.8) is 0 Å². The van der Waals surface area contributed by atoms with Gasteiger partial charge >= 0.3 is 6.03 Å². The van der Waals surface area contributed by atoms with E-state index in [2.05, 4.69) is 28.1 Å². The van der Waals surface area contributed by atoms with Crippen LogP contribution in [0, 0.1) is 5.92 Å². The molecule has 23 heavy (non-hydrogen) atoms. The fraction of sp³-hybridized carbons (Fsp3) is 0.412. The maximum atomic E-state index is 11.9. The Morgan fingerprint density at radius 1 is 1.13 bits per heavy atom. The van der Waals surface area contributed by atoms with Crippen molar-refractivity contribution in [1.29, 1.82) is 0 Å². The molecule has 0 fully saturated rings. The number of rotatable bonds is 6. The Hall–Kier alpha value is -2.34. The van der Waals surface area contributed by atoms with Crippen LogP contribution in [0.1, 0.15) is 19.3 Å². The molecule has 0 heterocycles. The van der Waals surface area contributed by atoms with Crippen LogP contribution in [0.3, 0.4) is 0 Å². The molecule has 6 heteroatoms. The number of hydrogen-bond donors (Lipinski definition) is 3. The first-order valence-electron chi connectivity index (χ1n) is 7.76. The van der Waals surface area contributed by atoms with Crippen molar-refractivity contribution in [3.05, 3.63) is 36.4 Å². The zero-order valence-electron chi connectivity index (χ0n) is 13.3. The summed E-state index contributed by atoms with van der Waals surface area (Å²) in [5.41, 5.74) is 1.34. The maximum Gasteiger partial charge on any atom is 0.319 e. The lowest BCUT2D eigenvalue weighted by Gasteiger charge is -2.18. The normalized spacial score (nSPS) is 16.7. The van der Waals surface area contributed by atoms with Gasteiger partial charge in [0.15, 0.2) is 0 Å². The Labute approximate surface area is 136 Å². The van der Waals surface area contributed by atoms with Crippen molar-refractivity contribution in [2.45, 2.75) is 19.3 Å². The van der Waals surface area contributed by atoms with Crippen molar-refractivity contribution >= 4 is 23.3 Å². The average Bonchev–Trinajstić information content (AvgIpc) is 2.56. The maximum absolute atomic E-state index is 11.9. The van der Waals surface area contributed by atoms with Gasteiger partial charge in [-0.1, -0.05) is 12.2 Å². The van der Waals surface area contributed by atoms with Crippen LogP contribution < -0.4 is 16.0 Å². The SMILES string of the molecule is COCC(=O)Nc1ccc(NC(=O)NC[C@H]2CC=CCC2)cc1. The summed E-state index contributed by atoms with van der Waals surface area (Å²) >= 11 is 0. The molecule has 0 saturated heterocycles. The van der Waals surface area contributed by atoms with Crippen molar-refractivity contribution in [1.82, 2.24) is 5.32 Å². The summed E-state index contributed by atoms with van der Waals surface area (Å²) in [6.07, 6.45) is 7.58. The summed E-state index contributed by atoms with van der Waals surface area (Å²) < 4.78 is 4.75. The molecule has 0 radical (unpaired) electrons. The first kappa shape index (κ1) is 17.0. The molecule has 1 aromatic carbocycles. The topological polar surface area (TPSA) is 79.5 Å². The highest BCUT2D eigenvalue weighted by atomic mass is 16.5. The molecule has 1 aromatic rings. The second-order valence-corrected chi connectivity index (χ2v) is 5.54. The quantitative estimate of drug-likeness (QED) is 0.706. The largest absolute Gasteiger partial charge is 0.375 e. The van der Waals surface area contributed by atoms with Gasteiger partial charge in [-0.25, -0.2) is 4.79 Å². The molecule has 2 rings (SSSR count). The van der Waals surface area contributed by atoms with Crippen LogP contribution in [0.5, 0.6) is 0 Å². The Balaban J connectivity index is 1.75.